The van der Waals surface area contributed by atoms with Gasteiger partial charge in [-0.05, 0) is 35.9 Å². The van der Waals surface area contributed by atoms with Crippen LogP contribution in [0.3, 0.4) is 0 Å². The molecule has 0 bridgehead atoms. The summed E-state index contributed by atoms with van der Waals surface area (Å²) >= 11 is 5.74. The van der Waals surface area contributed by atoms with E-state index in [1.165, 1.54) is 19.4 Å². The van der Waals surface area contributed by atoms with Crippen LogP contribution < -0.4 is 4.74 Å². The minimum absolute atomic E-state index is 0.123. The number of nitrogens with zero attached hydrogens (tertiary/aromatic N) is 1. The zero-order valence-electron chi connectivity index (χ0n) is 10.2. The predicted molar refractivity (Wildman–Crippen MR) is 73.1 cm³/mol. The van der Waals surface area contributed by atoms with Crippen molar-refractivity contribution >= 4 is 21.4 Å². The fraction of sp³-hybridized carbons (Fsp3) is 0.154. The Labute approximate surface area is 116 Å². The van der Waals surface area contributed by atoms with Crippen LogP contribution in [0.15, 0.2) is 47.5 Å². The lowest BCUT2D eigenvalue weighted by Gasteiger charge is -2.06. The maximum atomic E-state index is 12.3. The minimum Gasteiger partial charge on any atom is -0.497 e. The number of hydrogen-bond donors (Lipinski definition) is 0. The quantitative estimate of drug-likeness (QED) is 0.814. The normalized spacial score (nSPS) is 11.3. The Bertz CT molecular complexity index is 686. The van der Waals surface area contributed by atoms with Gasteiger partial charge in [0.05, 0.1) is 17.8 Å². The van der Waals surface area contributed by atoms with Crippen molar-refractivity contribution in [1.29, 1.82) is 0 Å². The Morgan fingerprint density at radius 1 is 1.26 bits per heavy atom. The van der Waals surface area contributed by atoms with Crippen LogP contribution in [-0.2, 0) is 15.6 Å². The highest BCUT2D eigenvalue weighted by molar-refractivity contribution is 7.90. The Hall–Kier alpha value is -1.59. The zero-order valence-corrected chi connectivity index (χ0v) is 11.8. The number of ether oxygens (including phenoxy) is 1. The van der Waals surface area contributed by atoms with E-state index in [1.807, 2.05) is 0 Å². The summed E-state index contributed by atoms with van der Waals surface area (Å²) in [5, 5.41) is 0.276. The number of methoxy groups -OCH3 is 1. The third kappa shape index (κ3) is 3.45. The molecular weight excluding hydrogens is 286 g/mol. The van der Waals surface area contributed by atoms with Gasteiger partial charge in [-0.25, -0.2) is 13.4 Å². The summed E-state index contributed by atoms with van der Waals surface area (Å²) in [4.78, 5) is 4.04. The molecule has 0 aliphatic heterocycles. The molecule has 0 N–H and O–H groups in total. The summed E-state index contributed by atoms with van der Waals surface area (Å²) in [6.07, 6.45) is 1.48. The van der Waals surface area contributed by atoms with Crippen molar-refractivity contribution in [3.05, 3.63) is 53.3 Å². The molecule has 1 aromatic carbocycles. The van der Waals surface area contributed by atoms with Crippen molar-refractivity contribution in [2.45, 2.75) is 10.6 Å². The molecule has 4 nitrogen and oxygen atoms in total. The first kappa shape index (κ1) is 13.8. The first-order valence-electron chi connectivity index (χ1n) is 5.48. The van der Waals surface area contributed by atoms with E-state index in [-0.39, 0.29) is 15.8 Å². The van der Waals surface area contributed by atoms with Crippen LogP contribution in [0.4, 0.5) is 0 Å². The molecule has 0 fully saturated rings. The van der Waals surface area contributed by atoms with Crippen LogP contribution in [0.2, 0.25) is 5.15 Å². The van der Waals surface area contributed by atoms with E-state index in [0.29, 0.717) is 11.3 Å². The van der Waals surface area contributed by atoms with Gasteiger partial charge < -0.3 is 4.74 Å². The predicted octanol–water partition coefficient (Wildman–Crippen LogP) is 2.72. The molecule has 19 heavy (non-hydrogen) atoms. The molecule has 0 saturated heterocycles. The van der Waals surface area contributed by atoms with Gasteiger partial charge in [0.15, 0.2) is 9.84 Å². The number of hydrogen-bond acceptors (Lipinski definition) is 4. The molecule has 0 unspecified atom stereocenters. The first-order chi connectivity index (χ1) is 9.01. The summed E-state index contributed by atoms with van der Waals surface area (Å²) in [5.41, 5.74) is 0.600. The van der Waals surface area contributed by atoms with Crippen LogP contribution in [0.25, 0.3) is 0 Å². The molecule has 100 valence electrons. The summed E-state index contributed by atoms with van der Waals surface area (Å²) in [6, 6.07) is 9.55. The van der Waals surface area contributed by atoms with Gasteiger partial charge >= 0.3 is 0 Å². The Morgan fingerprint density at radius 3 is 2.74 bits per heavy atom. The third-order valence-electron chi connectivity index (χ3n) is 2.55. The fourth-order valence-corrected chi connectivity index (χ4v) is 3.19. The van der Waals surface area contributed by atoms with Crippen LogP contribution in [0.5, 0.6) is 5.75 Å². The number of benzene rings is 1. The van der Waals surface area contributed by atoms with Gasteiger partial charge in [-0.1, -0.05) is 17.7 Å². The first-order valence-corrected chi connectivity index (χ1v) is 7.51. The van der Waals surface area contributed by atoms with E-state index < -0.39 is 9.84 Å². The maximum absolute atomic E-state index is 12.3. The van der Waals surface area contributed by atoms with Gasteiger partial charge in [-0.3, -0.25) is 0 Å². The standard InChI is InChI=1S/C13H12ClNO3S/c1-18-11-3-2-4-12(8-11)19(16,17)9-10-5-6-15-13(14)7-10/h2-8H,9H2,1H3. The number of pyridine rings is 1. The van der Waals surface area contributed by atoms with Crippen molar-refractivity contribution in [1.82, 2.24) is 4.98 Å². The molecule has 2 aromatic rings. The zero-order chi connectivity index (χ0) is 13.9. The van der Waals surface area contributed by atoms with Crippen LogP contribution >= 0.6 is 11.6 Å². The summed E-state index contributed by atoms with van der Waals surface area (Å²) < 4.78 is 29.5. The summed E-state index contributed by atoms with van der Waals surface area (Å²) in [6.45, 7) is 0. The average molecular weight is 298 g/mol. The molecule has 0 aliphatic rings. The van der Waals surface area contributed by atoms with Gasteiger partial charge in [0.1, 0.15) is 10.9 Å². The van der Waals surface area contributed by atoms with Crippen molar-refractivity contribution < 1.29 is 13.2 Å². The lowest BCUT2D eigenvalue weighted by atomic mass is 10.3. The van der Waals surface area contributed by atoms with E-state index in [9.17, 15) is 8.42 Å². The molecule has 0 saturated carbocycles. The van der Waals surface area contributed by atoms with E-state index in [0.717, 1.165) is 0 Å². The largest absolute Gasteiger partial charge is 0.497 e. The van der Waals surface area contributed by atoms with Crippen LogP contribution in [0, 0.1) is 0 Å². The van der Waals surface area contributed by atoms with Crippen molar-refractivity contribution in [3.63, 3.8) is 0 Å². The molecular formula is C13H12ClNO3S. The number of sulfone groups is 1. The molecule has 6 heteroatoms. The summed E-state index contributed by atoms with van der Waals surface area (Å²) in [7, 11) is -1.93. The molecule has 2 rings (SSSR count). The molecule has 0 atom stereocenters. The summed E-state index contributed by atoms with van der Waals surface area (Å²) in [5.74, 6) is 0.386. The molecule has 0 spiro atoms. The molecule has 0 aliphatic carbocycles. The molecule has 0 radical (unpaired) electrons. The fourth-order valence-electron chi connectivity index (χ4n) is 1.63. The average Bonchev–Trinajstić information content (AvgIpc) is 2.38. The monoisotopic (exact) mass is 297 g/mol. The number of halogens is 1. The maximum Gasteiger partial charge on any atom is 0.182 e. The number of aromatic nitrogens is 1. The highest BCUT2D eigenvalue weighted by atomic mass is 35.5. The van der Waals surface area contributed by atoms with Gasteiger partial charge in [0, 0.05) is 6.20 Å². The minimum atomic E-state index is -3.43. The number of rotatable bonds is 4. The third-order valence-corrected chi connectivity index (χ3v) is 4.44. The van der Waals surface area contributed by atoms with E-state index in [1.54, 1.807) is 30.3 Å². The van der Waals surface area contributed by atoms with Crippen molar-refractivity contribution in [2.24, 2.45) is 0 Å². The molecule has 0 amide bonds. The Balaban J connectivity index is 2.32. The van der Waals surface area contributed by atoms with Crippen molar-refractivity contribution in [3.8, 4) is 5.75 Å². The lowest BCUT2D eigenvalue weighted by Crippen LogP contribution is -2.05. The van der Waals surface area contributed by atoms with E-state index in [2.05, 4.69) is 4.98 Å². The second kappa shape index (κ2) is 5.59. The highest BCUT2D eigenvalue weighted by Crippen LogP contribution is 2.21. The van der Waals surface area contributed by atoms with Gasteiger partial charge in [0.25, 0.3) is 0 Å². The van der Waals surface area contributed by atoms with Gasteiger partial charge in [-0.15, -0.1) is 0 Å². The molecule has 1 heterocycles. The van der Waals surface area contributed by atoms with E-state index >= 15 is 0 Å². The van der Waals surface area contributed by atoms with E-state index in [4.69, 9.17) is 16.3 Å². The van der Waals surface area contributed by atoms with Gasteiger partial charge in [-0.2, -0.15) is 0 Å². The second-order valence-electron chi connectivity index (χ2n) is 3.92. The van der Waals surface area contributed by atoms with Crippen molar-refractivity contribution in [2.75, 3.05) is 7.11 Å². The van der Waals surface area contributed by atoms with Crippen LogP contribution in [-0.4, -0.2) is 20.5 Å². The highest BCUT2D eigenvalue weighted by Gasteiger charge is 2.16. The van der Waals surface area contributed by atoms with Crippen LogP contribution in [0.1, 0.15) is 5.56 Å². The smallest absolute Gasteiger partial charge is 0.182 e. The SMILES string of the molecule is COc1cccc(S(=O)(=O)Cc2ccnc(Cl)c2)c1. The second-order valence-corrected chi connectivity index (χ2v) is 6.30. The van der Waals surface area contributed by atoms with Gasteiger partial charge in [0.2, 0.25) is 0 Å². The Kier molecular flexibility index (Phi) is 4.07. The topological polar surface area (TPSA) is 56.3 Å². The lowest BCUT2D eigenvalue weighted by molar-refractivity contribution is 0.413. The molecule has 1 aromatic heterocycles. The Morgan fingerprint density at radius 2 is 2.05 bits per heavy atom.